The Balaban J connectivity index is 0.000000921. The maximum Gasteiger partial charge on any atom is 0.111 e. The van der Waals surface area contributed by atoms with Crippen LogP contribution in [0.2, 0.25) is 0 Å². The van der Waals surface area contributed by atoms with Crippen molar-refractivity contribution < 1.29 is 4.74 Å². The van der Waals surface area contributed by atoms with E-state index in [1.807, 2.05) is 32.0 Å². The molecule has 0 aliphatic heterocycles. The van der Waals surface area contributed by atoms with Crippen LogP contribution in [0.3, 0.4) is 0 Å². The molecule has 0 aliphatic rings. The fourth-order valence-corrected chi connectivity index (χ4v) is 1.00. The number of benzene rings is 1. The van der Waals surface area contributed by atoms with Gasteiger partial charge in [0.15, 0.2) is 0 Å². The predicted molar refractivity (Wildman–Crippen MR) is 66.8 cm³/mol. The zero-order valence-electron chi connectivity index (χ0n) is 9.70. The maximum atomic E-state index is 5.28. The molecule has 0 saturated carbocycles. The van der Waals surface area contributed by atoms with E-state index >= 15 is 0 Å². The molecular weight excluding hydrogens is 184 g/mol. The summed E-state index contributed by atoms with van der Waals surface area (Å²) < 4.78 is 5.28. The van der Waals surface area contributed by atoms with Crippen LogP contribution in [0.4, 0.5) is 0 Å². The van der Waals surface area contributed by atoms with Crippen molar-refractivity contribution in [3.8, 4) is 0 Å². The number of allylic oxidation sites excluding steroid dienone is 1. The molecule has 1 aromatic carbocycles. The van der Waals surface area contributed by atoms with E-state index in [0.717, 1.165) is 6.42 Å². The van der Waals surface area contributed by atoms with E-state index in [4.69, 9.17) is 4.74 Å². The molecule has 0 aromatic heterocycles. The lowest BCUT2D eigenvalue weighted by Crippen LogP contribution is -1.96. The average molecular weight is 204 g/mol. The van der Waals surface area contributed by atoms with Gasteiger partial charge in [-0.05, 0) is 11.6 Å². The van der Waals surface area contributed by atoms with Crippen LogP contribution in [0.25, 0.3) is 0 Å². The lowest BCUT2D eigenvalue weighted by Gasteiger charge is -2.04. The molecule has 15 heavy (non-hydrogen) atoms. The van der Waals surface area contributed by atoms with E-state index in [0.29, 0.717) is 12.4 Å². The number of rotatable bonds is 5. The van der Waals surface area contributed by atoms with Gasteiger partial charge < -0.3 is 4.74 Å². The molecule has 0 N–H and O–H groups in total. The molecule has 0 saturated heterocycles. The molecule has 0 radical (unpaired) electrons. The molecule has 1 aromatic rings. The fraction of sp³-hybridized carbons (Fsp3) is 0.286. The smallest absolute Gasteiger partial charge is 0.111 e. The standard InChI is InChI=1S/C12H14O.C2H6/c1-3-11(2)13-10-9-12-7-5-4-6-8-12;1-2/h3-8H,1-2,9-10H2;1-2H3. The van der Waals surface area contributed by atoms with Crippen molar-refractivity contribution in [2.45, 2.75) is 20.3 Å². The van der Waals surface area contributed by atoms with Gasteiger partial charge >= 0.3 is 0 Å². The summed E-state index contributed by atoms with van der Waals surface area (Å²) >= 11 is 0. The number of hydrogen-bond acceptors (Lipinski definition) is 1. The maximum absolute atomic E-state index is 5.28. The minimum absolute atomic E-state index is 0.635. The molecule has 0 heterocycles. The first-order valence-electron chi connectivity index (χ1n) is 5.31. The van der Waals surface area contributed by atoms with Gasteiger partial charge in [-0.25, -0.2) is 0 Å². The molecule has 0 unspecified atom stereocenters. The predicted octanol–water partition coefficient (Wildman–Crippen LogP) is 3.97. The molecule has 1 nitrogen and oxygen atoms in total. The van der Waals surface area contributed by atoms with E-state index in [-0.39, 0.29) is 0 Å². The van der Waals surface area contributed by atoms with Crippen LogP contribution in [0.15, 0.2) is 55.3 Å². The molecule has 1 heteroatoms. The van der Waals surface area contributed by atoms with Crippen LogP contribution < -0.4 is 0 Å². The van der Waals surface area contributed by atoms with E-state index in [2.05, 4.69) is 25.3 Å². The van der Waals surface area contributed by atoms with Gasteiger partial charge in [-0.15, -0.1) is 0 Å². The highest BCUT2D eigenvalue weighted by Crippen LogP contribution is 2.01. The Morgan fingerprint density at radius 1 is 1.27 bits per heavy atom. The molecular formula is C14H20O. The Bertz CT molecular complexity index is 275. The van der Waals surface area contributed by atoms with Gasteiger partial charge in [-0.1, -0.05) is 57.3 Å². The zero-order chi connectivity index (χ0) is 11.5. The van der Waals surface area contributed by atoms with Crippen LogP contribution in [-0.2, 0) is 11.2 Å². The molecule has 0 spiro atoms. The van der Waals surface area contributed by atoms with Crippen molar-refractivity contribution in [3.05, 3.63) is 60.9 Å². The van der Waals surface area contributed by atoms with Crippen LogP contribution >= 0.6 is 0 Å². The largest absolute Gasteiger partial charge is 0.494 e. The third-order valence-electron chi connectivity index (χ3n) is 1.75. The third-order valence-corrected chi connectivity index (χ3v) is 1.75. The Labute approximate surface area is 93.1 Å². The number of hydrogen-bond donors (Lipinski definition) is 0. The van der Waals surface area contributed by atoms with E-state index in [1.54, 1.807) is 6.08 Å². The lowest BCUT2D eigenvalue weighted by molar-refractivity contribution is 0.230. The summed E-state index contributed by atoms with van der Waals surface area (Å²) in [5.41, 5.74) is 1.28. The van der Waals surface area contributed by atoms with Crippen molar-refractivity contribution in [2.75, 3.05) is 6.61 Å². The molecule has 0 aliphatic carbocycles. The Kier molecular flexibility index (Phi) is 8.16. The summed E-state index contributed by atoms with van der Waals surface area (Å²) in [7, 11) is 0. The average Bonchev–Trinajstić information content (AvgIpc) is 2.33. The highest BCUT2D eigenvalue weighted by molar-refractivity contribution is 5.14. The van der Waals surface area contributed by atoms with Gasteiger partial charge in [-0.3, -0.25) is 0 Å². The van der Waals surface area contributed by atoms with Crippen molar-refractivity contribution in [1.29, 1.82) is 0 Å². The number of ether oxygens (including phenoxy) is 1. The minimum atomic E-state index is 0.635. The normalized spacial score (nSPS) is 8.40. The van der Waals surface area contributed by atoms with Crippen LogP contribution in [0, 0.1) is 0 Å². The quantitative estimate of drug-likeness (QED) is 0.521. The molecule has 0 amide bonds. The van der Waals surface area contributed by atoms with Gasteiger partial charge in [0.25, 0.3) is 0 Å². The van der Waals surface area contributed by atoms with Gasteiger partial charge in [0.1, 0.15) is 5.76 Å². The molecule has 0 atom stereocenters. The lowest BCUT2D eigenvalue weighted by atomic mass is 10.2. The van der Waals surface area contributed by atoms with Crippen LogP contribution in [0.1, 0.15) is 19.4 Å². The summed E-state index contributed by atoms with van der Waals surface area (Å²) in [6.07, 6.45) is 2.53. The van der Waals surface area contributed by atoms with Gasteiger partial charge in [0, 0.05) is 6.42 Å². The summed E-state index contributed by atoms with van der Waals surface area (Å²) in [6, 6.07) is 10.2. The summed E-state index contributed by atoms with van der Waals surface area (Å²) in [5.74, 6) is 0.635. The second-order valence-corrected chi connectivity index (χ2v) is 2.75. The highest BCUT2D eigenvalue weighted by atomic mass is 16.5. The molecule has 82 valence electrons. The van der Waals surface area contributed by atoms with Gasteiger partial charge in [0.05, 0.1) is 6.61 Å². The zero-order valence-corrected chi connectivity index (χ0v) is 9.70. The highest BCUT2D eigenvalue weighted by Gasteiger charge is 1.91. The second kappa shape index (κ2) is 9.07. The van der Waals surface area contributed by atoms with Gasteiger partial charge in [-0.2, -0.15) is 0 Å². The SMILES string of the molecule is C=CC(=C)OCCc1ccccc1.CC. The Morgan fingerprint density at radius 2 is 1.87 bits per heavy atom. The first-order valence-corrected chi connectivity index (χ1v) is 5.31. The minimum Gasteiger partial charge on any atom is -0.494 e. The fourth-order valence-electron chi connectivity index (χ4n) is 1.00. The second-order valence-electron chi connectivity index (χ2n) is 2.75. The van der Waals surface area contributed by atoms with E-state index in [9.17, 15) is 0 Å². The summed E-state index contributed by atoms with van der Waals surface area (Å²) in [5, 5.41) is 0. The monoisotopic (exact) mass is 204 g/mol. The van der Waals surface area contributed by atoms with Crippen molar-refractivity contribution in [1.82, 2.24) is 0 Å². The van der Waals surface area contributed by atoms with Crippen molar-refractivity contribution in [2.24, 2.45) is 0 Å². The van der Waals surface area contributed by atoms with E-state index in [1.165, 1.54) is 5.56 Å². The third kappa shape index (κ3) is 6.55. The Hall–Kier alpha value is -1.50. The summed E-state index contributed by atoms with van der Waals surface area (Å²) in [6.45, 7) is 11.9. The van der Waals surface area contributed by atoms with Crippen molar-refractivity contribution >= 4 is 0 Å². The molecule has 0 fully saturated rings. The van der Waals surface area contributed by atoms with Crippen LogP contribution in [-0.4, -0.2) is 6.61 Å². The topological polar surface area (TPSA) is 9.23 Å². The van der Waals surface area contributed by atoms with Gasteiger partial charge in [0.2, 0.25) is 0 Å². The van der Waals surface area contributed by atoms with Crippen LogP contribution in [0.5, 0.6) is 0 Å². The molecule has 0 bridgehead atoms. The Morgan fingerprint density at radius 3 is 2.40 bits per heavy atom. The first kappa shape index (κ1) is 13.5. The summed E-state index contributed by atoms with van der Waals surface area (Å²) in [4.78, 5) is 0. The first-order chi connectivity index (χ1) is 7.33. The molecule has 1 rings (SSSR count). The van der Waals surface area contributed by atoms with Crippen molar-refractivity contribution in [3.63, 3.8) is 0 Å². The van der Waals surface area contributed by atoms with E-state index < -0.39 is 0 Å².